The van der Waals surface area contributed by atoms with Crippen LogP contribution in [0.1, 0.15) is 13.8 Å². The number of morpholine rings is 1. The molecule has 2 unspecified atom stereocenters. The molecule has 0 spiro atoms. The SMILES string of the molecule is CC1CN(S(=O)(=O)c2cccc(F)c2)CC(C)O1. The Kier molecular flexibility index (Phi) is 3.70. The van der Waals surface area contributed by atoms with E-state index < -0.39 is 15.8 Å². The quantitative estimate of drug-likeness (QED) is 0.822. The third kappa shape index (κ3) is 2.71. The molecule has 0 radical (unpaired) electrons. The van der Waals surface area contributed by atoms with E-state index in [4.69, 9.17) is 4.74 Å². The predicted molar refractivity (Wildman–Crippen MR) is 65.2 cm³/mol. The fraction of sp³-hybridized carbons (Fsp3) is 0.500. The van der Waals surface area contributed by atoms with Crippen molar-refractivity contribution in [2.24, 2.45) is 0 Å². The Bertz CT molecular complexity index is 522. The first-order chi connectivity index (χ1) is 8.39. The van der Waals surface area contributed by atoms with Crippen LogP contribution in [0, 0.1) is 5.82 Å². The summed E-state index contributed by atoms with van der Waals surface area (Å²) in [5.74, 6) is -0.551. The number of nitrogens with zero attached hydrogens (tertiary/aromatic N) is 1. The molecular weight excluding hydrogens is 257 g/mol. The van der Waals surface area contributed by atoms with Crippen LogP contribution in [0.2, 0.25) is 0 Å². The van der Waals surface area contributed by atoms with Crippen molar-refractivity contribution in [2.75, 3.05) is 13.1 Å². The fourth-order valence-electron chi connectivity index (χ4n) is 2.10. The molecule has 1 fully saturated rings. The molecule has 1 saturated heterocycles. The molecule has 1 aliphatic heterocycles. The lowest BCUT2D eigenvalue weighted by molar-refractivity contribution is -0.0440. The lowest BCUT2D eigenvalue weighted by atomic mass is 10.3. The maximum absolute atomic E-state index is 13.1. The standard InChI is InChI=1S/C12H16FNO3S/c1-9-7-14(8-10(2)17-9)18(15,16)12-5-3-4-11(13)6-12/h3-6,9-10H,7-8H2,1-2H3. The van der Waals surface area contributed by atoms with Crippen LogP contribution in [0.3, 0.4) is 0 Å². The van der Waals surface area contributed by atoms with Crippen molar-refractivity contribution in [3.8, 4) is 0 Å². The minimum atomic E-state index is -3.64. The van der Waals surface area contributed by atoms with Crippen molar-refractivity contribution >= 4 is 10.0 Å². The van der Waals surface area contributed by atoms with E-state index in [1.54, 1.807) is 0 Å². The van der Waals surface area contributed by atoms with E-state index in [-0.39, 0.29) is 17.1 Å². The number of ether oxygens (including phenoxy) is 1. The molecule has 6 heteroatoms. The number of benzene rings is 1. The van der Waals surface area contributed by atoms with Crippen molar-refractivity contribution in [3.63, 3.8) is 0 Å². The van der Waals surface area contributed by atoms with E-state index in [9.17, 15) is 12.8 Å². The van der Waals surface area contributed by atoms with Crippen molar-refractivity contribution in [2.45, 2.75) is 31.0 Å². The molecule has 4 nitrogen and oxygen atoms in total. The highest BCUT2D eigenvalue weighted by Crippen LogP contribution is 2.21. The Morgan fingerprint density at radius 2 is 1.89 bits per heavy atom. The Labute approximate surface area is 106 Å². The minimum Gasteiger partial charge on any atom is -0.373 e. The minimum absolute atomic E-state index is 0.0104. The van der Waals surface area contributed by atoms with Gasteiger partial charge in [-0.25, -0.2) is 12.8 Å². The van der Waals surface area contributed by atoms with Crippen molar-refractivity contribution in [3.05, 3.63) is 30.1 Å². The van der Waals surface area contributed by atoms with Crippen LogP contribution in [0.4, 0.5) is 4.39 Å². The van der Waals surface area contributed by atoms with Crippen molar-refractivity contribution < 1.29 is 17.5 Å². The first-order valence-electron chi connectivity index (χ1n) is 5.81. The van der Waals surface area contributed by atoms with Crippen LogP contribution >= 0.6 is 0 Å². The Hall–Kier alpha value is -0.980. The normalized spacial score (nSPS) is 26.2. The summed E-state index contributed by atoms with van der Waals surface area (Å²) in [6.45, 7) is 4.24. The summed E-state index contributed by atoms with van der Waals surface area (Å²) in [4.78, 5) is -0.0104. The van der Waals surface area contributed by atoms with E-state index in [0.717, 1.165) is 6.07 Å². The molecule has 0 N–H and O–H groups in total. The third-order valence-corrected chi connectivity index (χ3v) is 4.65. The molecule has 0 amide bonds. The lowest BCUT2D eigenvalue weighted by Gasteiger charge is -2.34. The van der Waals surface area contributed by atoms with Crippen LogP contribution in [0.5, 0.6) is 0 Å². The van der Waals surface area contributed by atoms with Gasteiger partial charge in [0.15, 0.2) is 0 Å². The molecule has 0 aromatic heterocycles. The van der Waals surface area contributed by atoms with E-state index >= 15 is 0 Å². The summed E-state index contributed by atoms with van der Waals surface area (Å²) >= 11 is 0. The number of sulfonamides is 1. The zero-order valence-corrected chi connectivity index (χ0v) is 11.2. The van der Waals surface area contributed by atoms with Crippen molar-refractivity contribution in [1.82, 2.24) is 4.31 Å². The molecule has 18 heavy (non-hydrogen) atoms. The Morgan fingerprint density at radius 1 is 1.28 bits per heavy atom. The van der Waals surface area contributed by atoms with Gasteiger partial charge in [0, 0.05) is 13.1 Å². The zero-order chi connectivity index (χ0) is 13.3. The molecule has 0 saturated carbocycles. The van der Waals surface area contributed by atoms with Gasteiger partial charge in [-0.3, -0.25) is 0 Å². The summed E-state index contributed by atoms with van der Waals surface area (Å²) < 4.78 is 44.6. The largest absolute Gasteiger partial charge is 0.373 e. The van der Waals surface area contributed by atoms with Gasteiger partial charge >= 0.3 is 0 Å². The number of hydrogen-bond donors (Lipinski definition) is 0. The predicted octanol–water partition coefficient (Wildman–Crippen LogP) is 1.62. The Morgan fingerprint density at radius 3 is 2.44 bits per heavy atom. The van der Waals surface area contributed by atoms with Crippen LogP contribution < -0.4 is 0 Å². The average Bonchev–Trinajstić information content (AvgIpc) is 2.27. The molecule has 1 heterocycles. The second kappa shape index (κ2) is 4.95. The van der Waals surface area contributed by atoms with Gasteiger partial charge in [-0.05, 0) is 32.0 Å². The lowest BCUT2D eigenvalue weighted by Crippen LogP contribution is -2.48. The van der Waals surface area contributed by atoms with Gasteiger partial charge < -0.3 is 4.74 Å². The molecule has 0 bridgehead atoms. The highest BCUT2D eigenvalue weighted by Gasteiger charge is 2.32. The topological polar surface area (TPSA) is 46.6 Å². The van der Waals surface area contributed by atoms with E-state index in [1.165, 1.54) is 22.5 Å². The summed E-state index contributed by atoms with van der Waals surface area (Å²) in [7, 11) is -3.64. The van der Waals surface area contributed by atoms with Gasteiger partial charge in [-0.15, -0.1) is 0 Å². The Balaban J connectivity index is 2.31. The molecule has 100 valence electrons. The van der Waals surface area contributed by atoms with Gasteiger partial charge in [0.25, 0.3) is 0 Å². The monoisotopic (exact) mass is 273 g/mol. The number of hydrogen-bond acceptors (Lipinski definition) is 3. The highest BCUT2D eigenvalue weighted by atomic mass is 32.2. The second-order valence-corrected chi connectivity index (χ2v) is 6.47. The van der Waals surface area contributed by atoms with Gasteiger partial charge in [0.1, 0.15) is 5.82 Å². The highest BCUT2D eigenvalue weighted by molar-refractivity contribution is 7.89. The van der Waals surface area contributed by atoms with Gasteiger partial charge in [-0.1, -0.05) is 6.07 Å². The maximum atomic E-state index is 13.1. The summed E-state index contributed by atoms with van der Waals surface area (Å²) in [6.07, 6.45) is -0.311. The molecular formula is C12H16FNO3S. The fourth-order valence-corrected chi connectivity index (χ4v) is 3.73. The molecule has 0 aliphatic carbocycles. The summed E-state index contributed by atoms with van der Waals surface area (Å²) in [5, 5.41) is 0. The first kappa shape index (κ1) is 13.5. The smallest absolute Gasteiger partial charge is 0.243 e. The first-order valence-corrected chi connectivity index (χ1v) is 7.25. The molecule has 2 atom stereocenters. The van der Waals surface area contributed by atoms with Crippen molar-refractivity contribution in [1.29, 1.82) is 0 Å². The summed E-state index contributed by atoms with van der Waals surface area (Å²) in [5.41, 5.74) is 0. The maximum Gasteiger partial charge on any atom is 0.243 e. The molecule has 1 aromatic rings. The van der Waals surface area contributed by atoms with Crippen LogP contribution in [0.15, 0.2) is 29.2 Å². The van der Waals surface area contributed by atoms with E-state index in [0.29, 0.717) is 13.1 Å². The van der Waals surface area contributed by atoms with Gasteiger partial charge in [-0.2, -0.15) is 4.31 Å². The van der Waals surface area contributed by atoms with Crippen LogP contribution in [-0.4, -0.2) is 38.0 Å². The number of halogens is 1. The van der Waals surface area contributed by atoms with Gasteiger partial charge in [0.05, 0.1) is 17.1 Å². The van der Waals surface area contributed by atoms with Crippen LogP contribution in [-0.2, 0) is 14.8 Å². The second-order valence-electron chi connectivity index (χ2n) is 4.54. The molecule has 1 aliphatic rings. The number of rotatable bonds is 2. The third-order valence-electron chi connectivity index (χ3n) is 2.82. The molecule has 2 rings (SSSR count). The summed E-state index contributed by atoms with van der Waals surface area (Å²) in [6, 6.07) is 5.07. The van der Waals surface area contributed by atoms with E-state index in [1.807, 2.05) is 13.8 Å². The van der Waals surface area contributed by atoms with E-state index in [2.05, 4.69) is 0 Å². The van der Waals surface area contributed by atoms with Crippen LogP contribution in [0.25, 0.3) is 0 Å². The van der Waals surface area contributed by atoms with Gasteiger partial charge in [0.2, 0.25) is 10.0 Å². The molecule has 1 aromatic carbocycles. The average molecular weight is 273 g/mol. The zero-order valence-electron chi connectivity index (χ0n) is 10.3.